The van der Waals surface area contributed by atoms with Gasteiger partial charge in [0.1, 0.15) is 10.8 Å². The molecule has 0 bridgehead atoms. The van der Waals surface area contributed by atoms with Gasteiger partial charge in [-0.1, -0.05) is 25.4 Å². The van der Waals surface area contributed by atoms with Gasteiger partial charge in [0.15, 0.2) is 5.82 Å². The van der Waals surface area contributed by atoms with Gasteiger partial charge in [-0.3, -0.25) is 0 Å². The minimum absolute atomic E-state index is 0.467. The fourth-order valence-electron chi connectivity index (χ4n) is 1.41. The van der Waals surface area contributed by atoms with Crippen molar-refractivity contribution >= 4 is 34.2 Å². The van der Waals surface area contributed by atoms with E-state index in [2.05, 4.69) is 61.8 Å². The molecule has 0 atom stereocenters. The van der Waals surface area contributed by atoms with Crippen molar-refractivity contribution in [2.75, 3.05) is 0 Å². The number of H-pyrrole nitrogens is 1. The van der Waals surface area contributed by atoms with Crippen LogP contribution in [0.25, 0.3) is 11.5 Å². The summed E-state index contributed by atoms with van der Waals surface area (Å²) in [6.07, 6.45) is 2.45. The number of nitrogens with one attached hydrogen (secondary N) is 1. The van der Waals surface area contributed by atoms with Gasteiger partial charge in [-0.25, -0.2) is 9.97 Å². The maximum atomic E-state index is 6.10. The molecule has 0 aliphatic carbocycles. The van der Waals surface area contributed by atoms with Gasteiger partial charge >= 0.3 is 0 Å². The van der Waals surface area contributed by atoms with Gasteiger partial charge in [-0.05, 0) is 34.9 Å². The summed E-state index contributed by atoms with van der Waals surface area (Å²) in [7, 11) is 0. The van der Waals surface area contributed by atoms with Crippen LogP contribution in [0.2, 0.25) is 5.15 Å². The molecule has 2 rings (SSSR count). The van der Waals surface area contributed by atoms with E-state index in [1.807, 2.05) is 0 Å². The molecule has 7 heteroatoms. The Balaban J connectivity index is 2.46. The lowest BCUT2D eigenvalue weighted by molar-refractivity contribution is 0.632. The van der Waals surface area contributed by atoms with Crippen molar-refractivity contribution in [3.05, 3.63) is 20.6 Å². The normalized spacial score (nSPS) is 11.1. The quantitative estimate of drug-likeness (QED) is 0.672. The minimum Gasteiger partial charge on any atom is -0.230 e. The lowest BCUT2D eigenvalue weighted by atomic mass is 10.1. The molecule has 0 aromatic carbocycles. The lowest BCUT2D eigenvalue weighted by Crippen LogP contribution is -2.04. The Morgan fingerprint density at radius 2 is 2.18 bits per heavy atom. The molecule has 0 aliphatic rings. The Labute approximate surface area is 118 Å². The lowest BCUT2D eigenvalue weighted by Gasteiger charge is -2.08. The average Bonchev–Trinajstić information content (AvgIpc) is 2.77. The van der Waals surface area contributed by atoms with E-state index in [1.165, 1.54) is 0 Å². The first-order valence-electron chi connectivity index (χ1n) is 5.16. The molecule has 1 N–H and O–H groups in total. The zero-order valence-corrected chi connectivity index (χ0v) is 12.3. The molecular weight excluding hydrogens is 353 g/mol. The molecule has 2 aromatic heterocycles. The first-order valence-corrected chi connectivity index (χ1v) is 6.61. The van der Waals surface area contributed by atoms with Crippen LogP contribution >= 0.6 is 34.2 Å². The zero-order valence-electron chi connectivity index (χ0n) is 9.41. The molecule has 90 valence electrons. The van der Waals surface area contributed by atoms with Crippen LogP contribution in [-0.2, 0) is 6.42 Å². The van der Waals surface area contributed by atoms with E-state index in [4.69, 9.17) is 11.6 Å². The second-order valence-electron chi connectivity index (χ2n) is 4.05. The third-order valence-corrected chi connectivity index (χ3v) is 3.85. The van der Waals surface area contributed by atoms with Gasteiger partial charge in [-0.15, -0.1) is 0 Å². The van der Waals surface area contributed by atoms with E-state index in [-0.39, 0.29) is 0 Å². The number of halogens is 2. The SMILES string of the molecule is CC(C)Cc1nc(-c2cn[nH]n2)nc(Cl)c1I. The van der Waals surface area contributed by atoms with E-state index in [9.17, 15) is 0 Å². The number of hydrogen-bond donors (Lipinski definition) is 1. The van der Waals surface area contributed by atoms with Crippen molar-refractivity contribution in [2.24, 2.45) is 5.92 Å². The largest absolute Gasteiger partial charge is 0.230 e. The number of aromatic amines is 1. The maximum Gasteiger partial charge on any atom is 0.183 e. The van der Waals surface area contributed by atoms with Crippen LogP contribution in [-0.4, -0.2) is 25.4 Å². The average molecular weight is 364 g/mol. The third-order valence-electron chi connectivity index (χ3n) is 2.13. The van der Waals surface area contributed by atoms with Crippen LogP contribution in [0.15, 0.2) is 6.20 Å². The second-order valence-corrected chi connectivity index (χ2v) is 5.49. The minimum atomic E-state index is 0.467. The van der Waals surface area contributed by atoms with Crippen LogP contribution < -0.4 is 0 Å². The summed E-state index contributed by atoms with van der Waals surface area (Å²) in [4.78, 5) is 8.70. The highest BCUT2D eigenvalue weighted by molar-refractivity contribution is 14.1. The third kappa shape index (κ3) is 2.92. The summed E-state index contributed by atoms with van der Waals surface area (Å²) in [5.41, 5.74) is 1.56. The highest BCUT2D eigenvalue weighted by Gasteiger charge is 2.14. The Bertz CT molecular complexity index is 512. The molecule has 0 unspecified atom stereocenters. The first kappa shape index (κ1) is 12.7. The molecule has 5 nitrogen and oxygen atoms in total. The predicted octanol–water partition coefficient (Wildman–Crippen LogP) is 2.72. The number of hydrogen-bond acceptors (Lipinski definition) is 4. The second kappa shape index (κ2) is 5.26. The van der Waals surface area contributed by atoms with E-state index < -0.39 is 0 Å². The fraction of sp³-hybridized carbons (Fsp3) is 0.400. The molecule has 2 heterocycles. The molecule has 17 heavy (non-hydrogen) atoms. The Kier molecular flexibility index (Phi) is 3.93. The van der Waals surface area contributed by atoms with E-state index in [1.54, 1.807) is 6.20 Å². The van der Waals surface area contributed by atoms with Crippen LogP contribution in [0.3, 0.4) is 0 Å². The van der Waals surface area contributed by atoms with Crippen LogP contribution in [0.4, 0.5) is 0 Å². The number of rotatable bonds is 3. The van der Waals surface area contributed by atoms with Crippen molar-refractivity contribution in [1.82, 2.24) is 25.4 Å². The molecule has 0 saturated carbocycles. The van der Waals surface area contributed by atoms with Gasteiger partial charge in [0.25, 0.3) is 0 Å². The fourth-order valence-corrected chi connectivity index (χ4v) is 2.06. The van der Waals surface area contributed by atoms with Crippen molar-refractivity contribution in [1.29, 1.82) is 0 Å². The molecule has 0 fully saturated rings. The molecule has 0 radical (unpaired) electrons. The van der Waals surface area contributed by atoms with Gasteiger partial charge < -0.3 is 0 Å². The monoisotopic (exact) mass is 363 g/mol. The number of nitrogens with zero attached hydrogens (tertiary/aromatic N) is 4. The summed E-state index contributed by atoms with van der Waals surface area (Å²) >= 11 is 8.27. The maximum absolute atomic E-state index is 6.10. The van der Waals surface area contributed by atoms with Crippen molar-refractivity contribution in [2.45, 2.75) is 20.3 Å². The van der Waals surface area contributed by atoms with Crippen molar-refractivity contribution < 1.29 is 0 Å². The van der Waals surface area contributed by atoms with Crippen LogP contribution in [0, 0.1) is 9.49 Å². The topological polar surface area (TPSA) is 67.3 Å². The summed E-state index contributed by atoms with van der Waals surface area (Å²) in [5, 5.41) is 10.7. The van der Waals surface area contributed by atoms with Crippen molar-refractivity contribution in [3.63, 3.8) is 0 Å². The highest BCUT2D eigenvalue weighted by atomic mass is 127. The Hall–Kier alpha value is -0.760. The van der Waals surface area contributed by atoms with Gasteiger partial charge in [0, 0.05) is 0 Å². The van der Waals surface area contributed by atoms with Gasteiger partial charge in [0.05, 0.1) is 15.5 Å². The number of aromatic nitrogens is 5. The van der Waals surface area contributed by atoms with Crippen LogP contribution in [0.1, 0.15) is 19.5 Å². The standard InChI is InChI=1S/C10H11ClIN5/c1-5(2)3-6-8(12)9(11)15-10(14-6)7-4-13-17-16-7/h4-5H,3H2,1-2H3,(H,13,16,17). The Morgan fingerprint density at radius 1 is 1.41 bits per heavy atom. The van der Waals surface area contributed by atoms with Crippen LogP contribution in [0.5, 0.6) is 0 Å². The van der Waals surface area contributed by atoms with E-state index in [0.29, 0.717) is 22.6 Å². The predicted molar refractivity (Wildman–Crippen MR) is 73.7 cm³/mol. The zero-order chi connectivity index (χ0) is 12.4. The Morgan fingerprint density at radius 3 is 2.76 bits per heavy atom. The van der Waals surface area contributed by atoms with E-state index in [0.717, 1.165) is 15.7 Å². The summed E-state index contributed by atoms with van der Waals surface area (Å²) in [6.45, 7) is 4.28. The molecule has 2 aromatic rings. The molecule has 0 saturated heterocycles. The van der Waals surface area contributed by atoms with E-state index >= 15 is 0 Å². The first-order chi connectivity index (χ1) is 8.08. The van der Waals surface area contributed by atoms with Crippen molar-refractivity contribution in [3.8, 4) is 11.5 Å². The molecule has 0 amide bonds. The highest BCUT2D eigenvalue weighted by Crippen LogP contribution is 2.24. The molecule has 0 aliphatic heterocycles. The summed E-state index contributed by atoms with van der Waals surface area (Å²) in [6, 6.07) is 0. The van der Waals surface area contributed by atoms with Gasteiger partial charge in [-0.2, -0.15) is 15.4 Å². The molecular formula is C10H11ClIN5. The van der Waals surface area contributed by atoms with Gasteiger partial charge in [0.2, 0.25) is 0 Å². The summed E-state index contributed by atoms with van der Waals surface area (Å²) in [5.74, 6) is 1.03. The smallest absolute Gasteiger partial charge is 0.183 e. The summed E-state index contributed by atoms with van der Waals surface area (Å²) < 4.78 is 0.908. The molecule has 0 spiro atoms.